The minimum Gasteiger partial charge on any atom is -0.353 e. The number of hydrogen-bond acceptors (Lipinski definition) is 4. The van der Waals surface area contributed by atoms with Crippen molar-refractivity contribution in [3.63, 3.8) is 0 Å². The first kappa shape index (κ1) is 24.7. The third kappa shape index (κ3) is 5.25. The molecular weight excluding hydrogens is 496 g/mol. The molecule has 5 rings (SSSR count). The van der Waals surface area contributed by atoms with Crippen molar-refractivity contribution in [3.05, 3.63) is 83.0 Å². The summed E-state index contributed by atoms with van der Waals surface area (Å²) in [6.07, 6.45) is -4.43. The molecular formula is C26H21F6N5. The maximum absolute atomic E-state index is 13.6. The van der Waals surface area contributed by atoms with E-state index >= 15 is 0 Å². The third-order valence-corrected chi connectivity index (χ3v) is 6.16. The number of pyridine rings is 1. The van der Waals surface area contributed by atoms with Crippen LogP contribution in [0.15, 0.2) is 60.8 Å². The zero-order valence-corrected chi connectivity index (χ0v) is 19.3. The molecule has 1 aliphatic rings. The molecule has 2 aromatic heterocycles. The number of hydrogen-bond donors (Lipinski definition) is 1. The van der Waals surface area contributed by atoms with Gasteiger partial charge in [0, 0.05) is 37.9 Å². The fraction of sp³-hybridized carbons (Fsp3) is 0.231. The van der Waals surface area contributed by atoms with Crippen molar-refractivity contribution in [1.29, 1.82) is 0 Å². The van der Waals surface area contributed by atoms with Crippen LogP contribution in [0.3, 0.4) is 0 Å². The molecule has 192 valence electrons. The smallest absolute Gasteiger partial charge is 0.353 e. The van der Waals surface area contributed by atoms with E-state index < -0.39 is 23.5 Å². The topological polar surface area (TPSA) is 48.1 Å². The largest absolute Gasteiger partial charge is 0.419 e. The Balaban J connectivity index is 1.43. The van der Waals surface area contributed by atoms with Gasteiger partial charge in [-0.25, -0.2) is 9.97 Å². The van der Waals surface area contributed by atoms with Crippen molar-refractivity contribution < 1.29 is 26.3 Å². The summed E-state index contributed by atoms with van der Waals surface area (Å²) in [6.45, 7) is 1.11. The predicted molar refractivity (Wildman–Crippen MR) is 130 cm³/mol. The summed E-state index contributed by atoms with van der Waals surface area (Å²) in [4.78, 5) is 14.8. The lowest BCUT2D eigenvalue weighted by Crippen LogP contribution is -2.47. The molecule has 11 heteroatoms. The van der Waals surface area contributed by atoms with E-state index in [0.29, 0.717) is 30.1 Å². The molecule has 3 heterocycles. The number of anilines is 2. The quantitative estimate of drug-likeness (QED) is 0.248. The van der Waals surface area contributed by atoms with Crippen molar-refractivity contribution in [2.24, 2.45) is 0 Å². The molecule has 0 aliphatic carbocycles. The van der Waals surface area contributed by atoms with Gasteiger partial charge >= 0.3 is 12.4 Å². The Bertz CT molecular complexity index is 1420. The van der Waals surface area contributed by atoms with Gasteiger partial charge in [0.15, 0.2) is 0 Å². The number of benzene rings is 2. The van der Waals surface area contributed by atoms with Crippen LogP contribution in [0.1, 0.15) is 22.3 Å². The Hall–Kier alpha value is -4.02. The van der Waals surface area contributed by atoms with E-state index in [-0.39, 0.29) is 24.4 Å². The van der Waals surface area contributed by atoms with E-state index in [1.165, 1.54) is 12.3 Å². The van der Waals surface area contributed by atoms with E-state index in [1.807, 2.05) is 35.2 Å². The van der Waals surface area contributed by atoms with E-state index in [0.717, 1.165) is 23.8 Å². The minimum atomic E-state index is -4.55. The highest BCUT2D eigenvalue weighted by Gasteiger charge is 2.36. The third-order valence-electron chi connectivity index (χ3n) is 6.16. The number of H-pyrrole nitrogens is 1. The van der Waals surface area contributed by atoms with Crippen LogP contribution in [-0.4, -0.2) is 41.1 Å². The van der Waals surface area contributed by atoms with Crippen LogP contribution in [0.4, 0.5) is 38.1 Å². The lowest BCUT2D eigenvalue weighted by molar-refractivity contribution is -0.138. The molecule has 0 amide bonds. The summed E-state index contributed by atoms with van der Waals surface area (Å²) in [5.74, 6) is 0.225. The number of aromatic nitrogens is 3. The summed E-state index contributed by atoms with van der Waals surface area (Å²) in [5.41, 5.74) is 0.143. The lowest BCUT2D eigenvalue weighted by Gasteiger charge is -2.36. The van der Waals surface area contributed by atoms with Gasteiger partial charge < -0.3 is 14.8 Å². The summed E-state index contributed by atoms with van der Waals surface area (Å²) in [5, 5.41) is 0. The van der Waals surface area contributed by atoms with Crippen LogP contribution >= 0.6 is 0 Å². The Kier molecular flexibility index (Phi) is 6.30. The molecule has 0 atom stereocenters. The number of fused-ring (bicyclic) bond motifs is 1. The molecule has 1 saturated heterocycles. The fourth-order valence-electron chi connectivity index (χ4n) is 4.32. The fourth-order valence-corrected chi connectivity index (χ4v) is 4.32. The minimum absolute atomic E-state index is 0.137. The number of imidazole rings is 1. The molecule has 5 nitrogen and oxygen atoms in total. The zero-order valence-electron chi connectivity index (χ0n) is 19.3. The van der Waals surface area contributed by atoms with Crippen LogP contribution < -0.4 is 9.80 Å². The Morgan fingerprint density at radius 3 is 2.16 bits per heavy atom. The highest BCUT2D eigenvalue weighted by atomic mass is 19.4. The van der Waals surface area contributed by atoms with E-state index in [9.17, 15) is 26.3 Å². The second kappa shape index (κ2) is 9.45. The average Bonchev–Trinajstić information content (AvgIpc) is 3.31. The van der Waals surface area contributed by atoms with Crippen LogP contribution in [0.2, 0.25) is 0 Å². The van der Waals surface area contributed by atoms with Crippen LogP contribution in [-0.2, 0) is 12.4 Å². The molecule has 1 fully saturated rings. The monoisotopic (exact) mass is 517 g/mol. The highest BCUT2D eigenvalue weighted by molar-refractivity contribution is 5.90. The molecule has 0 spiro atoms. The van der Waals surface area contributed by atoms with Crippen LogP contribution in [0.25, 0.3) is 23.2 Å². The predicted octanol–water partition coefficient (Wildman–Crippen LogP) is 6.49. The van der Waals surface area contributed by atoms with Gasteiger partial charge in [-0.3, -0.25) is 0 Å². The number of alkyl halides is 6. The first-order valence-electron chi connectivity index (χ1n) is 11.5. The standard InChI is InChI=1S/C26H21F6N5/c27-25(28,29)19-15-18(9-8-17-5-2-1-3-6-17)22-21(16-19)34-24(35-22)37-13-11-36(12-14-37)23-20(26(30,31)32)7-4-10-33-23/h1-10,15-16H,11-14H2,(H,34,35)/b9-8+. The van der Waals surface area contributed by atoms with Crippen LogP contribution in [0.5, 0.6) is 0 Å². The zero-order chi connectivity index (χ0) is 26.2. The number of piperazine rings is 1. The van der Waals surface area contributed by atoms with E-state index in [4.69, 9.17) is 0 Å². The summed E-state index contributed by atoms with van der Waals surface area (Å²) in [6, 6.07) is 13.5. The number of nitrogens with zero attached hydrogens (tertiary/aromatic N) is 4. The second-order valence-electron chi connectivity index (χ2n) is 8.61. The van der Waals surface area contributed by atoms with Gasteiger partial charge in [0.2, 0.25) is 5.95 Å². The number of rotatable bonds is 4. The summed E-state index contributed by atoms with van der Waals surface area (Å²) >= 11 is 0. The van der Waals surface area contributed by atoms with Crippen LogP contribution in [0, 0.1) is 0 Å². The maximum atomic E-state index is 13.6. The lowest BCUT2D eigenvalue weighted by atomic mass is 10.1. The van der Waals surface area contributed by atoms with Crippen molar-refractivity contribution in [2.45, 2.75) is 12.4 Å². The van der Waals surface area contributed by atoms with Gasteiger partial charge in [-0.1, -0.05) is 42.5 Å². The summed E-state index contributed by atoms with van der Waals surface area (Å²) < 4.78 is 81.0. The van der Waals surface area contributed by atoms with Gasteiger partial charge in [0.25, 0.3) is 0 Å². The maximum Gasteiger partial charge on any atom is 0.419 e. The average molecular weight is 517 g/mol. The molecule has 0 unspecified atom stereocenters. The van der Waals surface area contributed by atoms with E-state index in [1.54, 1.807) is 17.1 Å². The number of halogens is 6. The Morgan fingerprint density at radius 1 is 0.784 bits per heavy atom. The first-order chi connectivity index (χ1) is 17.6. The van der Waals surface area contributed by atoms with Gasteiger partial charge in [-0.05, 0) is 29.8 Å². The Morgan fingerprint density at radius 2 is 1.49 bits per heavy atom. The molecule has 1 N–H and O–H groups in total. The first-order valence-corrected chi connectivity index (χ1v) is 11.5. The highest BCUT2D eigenvalue weighted by Crippen LogP contribution is 2.36. The number of aromatic amines is 1. The molecule has 0 bridgehead atoms. The van der Waals surface area contributed by atoms with Crippen molar-refractivity contribution in [3.8, 4) is 0 Å². The Labute approximate surface area is 208 Å². The van der Waals surface area contributed by atoms with Crippen molar-refractivity contribution in [2.75, 3.05) is 36.0 Å². The second-order valence-corrected chi connectivity index (χ2v) is 8.61. The molecule has 0 saturated carbocycles. The molecule has 2 aromatic carbocycles. The van der Waals surface area contributed by atoms with E-state index in [2.05, 4.69) is 15.0 Å². The van der Waals surface area contributed by atoms with Gasteiger partial charge in [0.1, 0.15) is 5.82 Å². The molecule has 37 heavy (non-hydrogen) atoms. The van der Waals surface area contributed by atoms with Gasteiger partial charge in [-0.15, -0.1) is 0 Å². The van der Waals surface area contributed by atoms with Crippen molar-refractivity contribution >= 4 is 35.0 Å². The molecule has 4 aromatic rings. The number of nitrogens with one attached hydrogen (secondary N) is 1. The van der Waals surface area contributed by atoms with Gasteiger partial charge in [0.05, 0.1) is 22.2 Å². The SMILES string of the molecule is FC(F)(F)c1cc(/C=C/c2ccccc2)c2[nH]c(N3CCN(c4ncccc4C(F)(F)F)CC3)nc2c1. The summed E-state index contributed by atoms with van der Waals surface area (Å²) in [7, 11) is 0. The molecule has 1 aliphatic heterocycles. The molecule has 0 radical (unpaired) electrons. The normalized spacial score (nSPS) is 15.2. The van der Waals surface area contributed by atoms with Crippen molar-refractivity contribution in [1.82, 2.24) is 15.0 Å². The van der Waals surface area contributed by atoms with Gasteiger partial charge in [-0.2, -0.15) is 26.3 Å².